The highest BCUT2D eigenvalue weighted by Gasteiger charge is 2.38. The predicted octanol–water partition coefficient (Wildman–Crippen LogP) is 2.18. The van der Waals surface area contributed by atoms with Crippen molar-refractivity contribution in [3.63, 3.8) is 0 Å². The molecule has 108 valence electrons. The maximum absolute atomic E-state index is 12.7. The standard InChI is InChI=1S/C16H22N2O2/c1-11-8-13(10-20-11)16(19)18(15-6-7-15)9-12-2-4-14(17)5-3-12/h2-5,11,13,15H,6-10,17H2,1H3. The molecule has 1 aliphatic heterocycles. The largest absolute Gasteiger partial charge is 0.399 e. The highest BCUT2D eigenvalue weighted by atomic mass is 16.5. The highest BCUT2D eigenvalue weighted by molar-refractivity contribution is 5.80. The van der Waals surface area contributed by atoms with E-state index in [9.17, 15) is 4.79 Å². The third kappa shape index (κ3) is 2.96. The molecule has 1 amide bonds. The van der Waals surface area contributed by atoms with E-state index >= 15 is 0 Å². The van der Waals surface area contributed by atoms with Gasteiger partial charge < -0.3 is 15.4 Å². The van der Waals surface area contributed by atoms with E-state index in [1.54, 1.807) is 0 Å². The minimum Gasteiger partial charge on any atom is -0.399 e. The van der Waals surface area contributed by atoms with E-state index < -0.39 is 0 Å². The van der Waals surface area contributed by atoms with E-state index in [0.717, 1.165) is 30.5 Å². The molecule has 4 nitrogen and oxygen atoms in total. The first-order valence-corrected chi connectivity index (χ1v) is 7.40. The molecule has 1 heterocycles. The Balaban J connectivity index is 1.69. The first-order valence-electron chi connectivity index (χ1n) is 7.40. The molecule has 0 radical (unpaired) electrons. The van der Waals surface area contributed by atoms with Crippen LogP contribution in [0.3, 0.4) is 0 Å². The number of hydrogen-bond donors (Lipinski definition) is 1. The first kappa shape index (κ1) is 13.4. The van der Waals surface area contributed by atoms with Crippen molar-refractivity contribution < 1.29 is 9.53 Å². The monoisotopic (exact) mass is 274 g/mol. The zero-order valence-corrected chi connectivity index (χ0v) is 11.9. The number of amides is 1. The number of nitrogen functional groups attached to an aromatic ring is 1. The fourth-order valence-corrected chi connectivity index (χ4v) is 2.82. The quantitative estimate of drug-likeness (QED) is 0.856. The van der Waals surface area contributed by atoms with E-state index in [1.165, 1.54) is 0 Å². The molecule has 0 bridgehead atoms. The number of nitrogens with two attached hydrogens (primary N) is 1. The lowest BCUT2D eigenvalue weighted by molar-refractivity contribution is -0.136. The molecule has 1 aliphatic carbocycles. The summed E-state index contributed by atoms with van der Waals surface area (Å²) < 4.78 is 5.54. The Morgan fingerprint density at radius 1 is 1.35 bits per heavy atom. The molecule has 2 aliphatic rings. The Bertz CT molecular complexity index is 482. The van der Waals surface area contributed by atoms with Gasteiger partial charge in [0.15, 0.2) is 0 Å². The van der Waals surface area contributed by atoms with Gasteiger partial charge in [0.25, 0.3) is 0 Å². The summed E-state index contributed by atoms with van der Waals surface area (Å²) in [6.07, 6.45) is 3.32. The average molecular weight is 274 g/mol. The van der Waals surface area contributed by atoms with Gasteiger partial charge in [-0.1, -0.05) is 12.1 Å². The summed E-state index contributed by atoms with van der Waals surface area (Å²) in [5, 5.41) is 0. The van der Waals surface area contributed by atoms with Crippen LogP contribution in [-0.4, -0.2) is 29.6 Å². The normalized spacial score (nSPS) is 25.6. The van der Waals surface area contributed by atoms with Gasteiger partial charge in [-0.3, -0.25) is 4.79 Å². The van der Waals surface area contributed by atoms with Crippen LogP contribution in [0.25, 0.3) is 0 Å². The molecule has 2 atom stereocenters. The van der Waals surface area contributed by atoms with Gasteiger partial charge >= 0.3 is 0 Å². The van der Waals surface area contributed by atoms with Crippen LogP contribution in [0.15, 0.2) is 24.3 Å². The second kappa shape index (κ2) is 5.44. The van der Waals surface area contributed by atoms with Gasteiger partial charge in [0.2, 0.25) is 5.91 Å². The predicted molar refractivity (Wildman–Crippen MR) is 77.9 cm³/mol. The smallest absolute Gasteiger partial charge is 0.228 e. The van der Waals surface area contributed by atoms with Crippen LogP contribution in [0.4, 0.5) is 5.69 Å². The van der Waals surface area contributed by atoms with E-state index in [0.29, 0.717) is 19.2 Å². The van der Waals surface area contributed by atoms with Gasteiger partial charge in [0.1, 0.15) is 0 Å². The SMILES string of the molecule is CC1CC(C(=O)N(Cc2ccc(N)cc2)C2CC2)CO1. The summed E-state index contributed by atoms with van der Waals surface area (Å²) in [5.74, 6) is 0.299. The van der Waals surface area contributed by atoms with Crippen LogP contribution in [0.2, 0.25) is 0 Å². The Labute approximate surface area is 119 Å². The molecule has 1 saturated heterocycles. The van der Waals surface area contributed by atoms with Crippen LogP contribution in [-0.2, 0) is 16.1 Å². The number of hydrogen-bond acceptors (Lipinski definition) is 3. The van der Waals surface area contributed by atoms with Gasteiger partial charge in [-0.25, -0.2) is 0 Å². The lowest BCUT2D eigenvalue weighted by atomic mass is 10.0. The zero-order valence-electron chi connectivity index (χ0n) is 11.9. The summed E-state index contributed by atoms with van der Waals surface area (Å²) in [6.45, 7) is 3.30. The van der Waals surface area contributed by atoms with Gasteiger partial charge in [0.05, 0.1) is 18.6 Å². The zero-order chi connectivity index (χ0) is 14.1. The van der Waals surface area contributed by atoms with E-state index in [1.807, 2.05) is 36.1 Å². The van der Waals surface area contributed by atoms with Gasteiger partial charge in [-0.2, -0.15) is 0 Å². The fourth-order valence-electron chi connectivity index (χ4n) is 2.82. The molecule has 3 rings (SSSR count). The van der Waals surface area contributed by atoms with Crippen molar-refractivity contribution in [2.24, 2.45) is 5.92 Å². The minimum absolute atomic E-state index is 0.0411. The number of ether oxygens (including phenoxy) is 1. The molecule has 2 unspecified atom stereocenters. The van der Waals surface area contributed by atoms with Crippen molar-refractivity contribution in [3.05, 3.63) is 29.8 Å². The number of carbonyl (C=O) groups excluding carboxylic acids is 1. The molecular weight excluding hydrogens is 252 g/mol. The fraction of sp³-hybridized carbons (Fsp3) is 0.562. The second-order valence-electron chi connectivity index (χ2n) is 6.02. The van der Waals surface area contributed by atoms with E-state index in [2.05, 4.69) is 0 Å². The van der Waals surface area contributed by atoms with Crippen LogP contribution in [0.1, 0.15) is 31.7 Å². The number of anilines is 1. The third-order valence-corrected chi connectivity index (χ3v) is 4.15. The van der Waals surface area contributed by atoms with E-state index in [-0.39, 0.29) is 17.9 Å². The number of nitrogens with zero attached hydrogens (tertiary/aromatic N) is 1. The summed E-state index contributed by atoms with van der Waals surface area (Å²) >= 11 is 0. The molecule has 1 aromatic carbocycles. The van der Waals surface area contributed by atoms with Crippen molar-refractivity contribution in [1.29, 1.82) is 0 Å². The van der Waals surface area contributed by atoms with Crippen molar-refractivity contribution in [3.8, 4) is 0 Å². The first-order chi connectivity index (χ1) is 9.63. The van der Waals surface area contributed by atoms with Crippen molar-refractivity contribution >= 4 is 11.6 Å². The summed E-state index contributed by atoms with van der Waals surface area (Å²) in [5.41, 5.74) is 7.61. The number of benzene rings is 1. The Hall–Kier alpha value is -1.55. The molecule has 0 aromatic heterocycles. The van der Waals surface area contributed by atoms with Crippen LogP contribution in [0, 0.1) is 5.92 Å². The Morgan fingerprint density at radius 2 is 2.05 bits per heavy atom. The second-order valence-corrected chi connectivity index (χ2v) is 6.02. The molecule has 2 N–H and O–H groups in total. The lowest BCUT2D eigenvalue weighted by Gasteiger charge is -2.25. The summed E-state index contributed by atoms with van der Waals surface area (Å²) in [6, 6.07) is 8.23. The van der Waals surface area contributed by atoms with Crippen molar-refractivity contribution in [2.45, 2.75) is 44.9 Å². The third-order valence-electron chi connectivity index (χ3n) is 4.15. The maximum Gasteiger partial charge on any atom is 0.228 e. The Kier molecular flexibility index (Phi) is 3.66. The van der Waals surface area contributed by atoms with Crippen molar-refractivity contribution in [2.75, 3.05) is 12.3 Å². The minimum atomic E-state index is 0.0411. The highest BCUT2D eigenvalue weighted by Crippen LogP contribution is 2.32. The topological polar surface area (TPSA) is 55.6 Å². The van der Waals surface area contributed by atoms with Gasteiger partial charge in [-0.05, 0) is 43.9 Å². The number of carbonyl (C=O) groups is 1. The average Bonchev–Trinajstić information content (AvgIpc) is 3.19. The molecule has 1 aromatic rings. The molecule has 2 fully saturated rings. The van der Waals surface area contributed by atoms with Crippen LogP contribution in [0.5, 0.6) is 0 Å². The molecule has 20 heavy (non-hydrogen) atoms. The summed E-state index contributed by atoms with van der Waals surface area (Å²) in [7, 11) is 0. The lowest BCUT2D eigenvalue weighted by Crippen LogP contribution is -2.37. The molecule has 0 spiro atoms. The van der Waals surface area contributed by atoms with Crippen LogP contribution < -0.4 is 5.73 Å². The molecular formula is C16H22N2O2. The van der Waals surface area contributed by atoms with Gasteiger partial charge in [-0.15, -0.1) is 0 Å². The Morgan fingerprint density at radius 3 is 2.60 bits per heavy atom. The van der Waals surface area contributed by atoms with Crippen LogP contribution >= 0.6 is 0 Å². The number of rotatable bonds is 4. The van der Waals surface area contributed by atoms with Gasteiger partial charge in [0, 0.05) is 18.3 Å². The van der Waals surface area contributed by atoms with Crippen molar-refractivity contribution in [1.82, 2.24) is 4.90 Å². The maximum atomic E-state index is 12.7. The summed E-state index contributed by atoms with van der Waals surface area (Å²) in [4.78, 5) is 14.7. The molecule has 1 saturated carbocycles. The van der Waals surface area contributed by atoms with E-state index in [4.69, 9.17) is 10.5 Å². The molecule has 4 heteroatoms.